The molecule has 7 heteroatoms. The highest BCUT2D eigenvalue weighted by atomic mass is 16.6. The van der Waals surface area contributed by atoms with Crippen molar-refractivity contribution >= 4 is 5.97 Å². The third-order valence-electron chi connectivity index (χ3n) is 8.87. The Morgan fingerprint density at radius 2 is 1.76 bits per heavy atom. The fourth-order valence-corrected chi connectivity index (χ4v) is 6.25. The van der Waals surface area contributed by atoms with Crippen LogP contribution in [0.2, 0.25) is 0 Å². The number of hydrogen-bond acceptors (Lipinski definition) is 7. The lowest BCUT2D eigenvalue weighted by Gasteiger charge is -2.51. The van der Waals surface area contributed by atoms with Gasteiger partial charge in [-0.25, -0.2) is 0 Å². The van der Waals surface area contributed by atoms with Crippen LogP contribution in [0.15, 0.2) is 12.2 Å². The number of carbonyl (C=O) groups excluding carboxylic acids is 1. The summed E-state index contributed by atoms with van der Waals surface area (Å²) in [5, 5.41) is 21.2. The first-order valence-electron chi connectivity index (χ1n) is 13.1. The number of ether oxygens (including phenoxy) is 4. The van der Waals surface area contributed by atoms with Crippen molar-refractivity contribution in [2.45, 2.75) is 152 Å². The van der Waals surface area contributed by atoms with Crippen molar-refractivity contribution in [2.75, 3.05) is 0 Å². The molecule has 0 unspecified atom stereocenters. The predicted molar refractivity (Wildman–Crippen MR) is 127 cm³/mol. The van der Waals surface area contributed by atoms with E-state index in [0.29, 0.717) is 25.7 Å². The van der Waals surface area contributed by atoms with Gasteiger partial charge in [-0.3, -0.25) is 4.79 Å². The molecular formula is C27H44O7. The number of esters is 1. The lowest BCUT2D eigenvalue weighted by Crippen LogP contribution is -2.58. The van der Waals surface area contributed by atoms with Crippen LogP contribution in [0.25, 0.3) is 0 Å². The van der Waals surface area contributed by atoms with Crippen LogP contribution in [0, 0.1) is 0 Å². The number of rotatable bonds is 7. The number of aliphatic hydroxyl groups is 2. The summed E-state index contributed by atoms with van der Waals surface area (Å²) >= 11 is 0. The Balaban J connectivity index is 1.28. The molecule has 8 atom stereocenters. The molecule has 0 saturated carbocycles. The zero-order chi connectivity index (χ0) is 24.9. The molecule has 4 aliphatic heterocycles. The first-order chi connectivity index (χ1) is 15.7. The molecule has 4 fully saturated rings. The van der Waals surface area contributed by atoms with Crippen LogP contribution in [0.1, 0.15) is 98.8 Å². The maximum absolute atomic E-state index is 11.7. The minimum Gasteiger partial charge on any atom is -0.457 e. The van der Waals surface area contributed by atoms with Crippen LogP contribution in [-0.4, -0.2) is 69.1 Å². The maximum atomic E-state index is 11.7. The highest BCUT2D eigenvalue weighted by Gasteiger charge is 2.53. The fraction of sp³-hybridized carbons (Fsp3) is 0.889. The summed E-state index contributed by atoms with van der Waals surface area (Å²) < 4.78 is 24.8. The third-order valence-corrected chi connectivity index (χ3v) is 8.87. The molecule has 34 heavy (non-hydrogen) atoms. The molecule has 2 N–H and O–H groups in total. The molecule has 0 aliphatic carbocycles. The summed E-state index contributed by atoms with van der Waals surface area (Å²) in [6, 6.07) is 0. The number of carbonyl (C=O) groups is 1. The number of cyclic esters (lactones) is 1. The van der Waals surface area contributed by atoms with E-state index in [1.165, 1.54) is 0 Å². The molecule has 0 aromatic rings. The van der Waals surface area contributed by atoms with Crippen molar-refractivity contribution in [1.29, 1.82) is 0 Å². The number of fused-ring (bicyclic) bond motifs is 1. The highest BCUT2D eigenvalue weighted by molar-refractivity contribution is 5.72. The van der Waals surface area contributed by atoms with Gasteiger partial charge in [0.2, 0.25) is 0 Å². The van der Waals surface area contributed by atoms with E-state index in [0.717, 1.165) is 44.1 Å². The third kappa shape index (κ3) is 5.10. The highest BCUT2D eigenvalue weighted by Crippen LogP contribution is 2.46. The Hall–Kier alpha value is -0.990. The van der Waals surface area contributed by atoms with Crippen LogP contribution < -0.4 is 0 Å². The Morgan fingerprint density at radius 3 is 2.38 bits per heavy atom. The van der Waals surface area contributed by atoms with Gasteiger partial charge in [0.1, 0.15) is 5.60 Å². The summed E-state index contributed by atoms with van der Waals surface area (Å²) in [6.45, 7) is 13.9. The van der Waals surface area contributed by atoms with Crippen molar-refractivity contribution in [2.24, 2.45) is 0 Å². The van der Waals surface area contributed by atoms with Crippen LogP contribution in [-0.2, 0) is 23.7 Å². The van der Waals surface area contributed by atoms with Gasteiger partial charge in [0.25, 0.3) is 0 Å². The summed E-state index contributed by atoms with van der Waals surface area (Å²) in [4.78, 5) is 11.7. The van der Waals surface area contributed by atoms with E-state index in [1.54, 1.807) is 13.8 Å². The van der Waals surface area contributed by atoms with Gasteiger partial charge in [0.05, 0.1) is 47.3 Å². The zero-order valence-electron chi connectivity index (χ0n) is 21.6. The largest absolute Gasteiger partial charge is 0.457 e. The van der Waals surface area contributed by atoms with Gasteiger partial charge in [0.15, 0.2) is 0 Å². The first kappa shape index (κ1) is 26.1. The molecule has 4 heterocycles. The second-order valence-electron chi connectivity index (χ2n) is 12.3. The number of hydrogen-bond donors (Lipinski definition) is 2. The fourth-order valence-electron chi connectivity index (χ4n) is 6.25. The average molecular weight is 481 g/mol. The normalized spacial score (nSPS) is 43.9. The van der Waals surface area contributed by atoms with Gasteiger partial charge in [-0.15, -0.1) is 0 Å². The minimum absolute atomic E-state index is 0.0263. The van der Waals surface area contributed by atoms with Crippen molar-refractivity contribution < 1.29 is 34.0 Å². The maximum Gasteiger partial charge on any atom is 0.306 e. The molecule has 0 bridgehead atoms. The van der Waals surface area contributed by atoms with Crippen molar-refractivity contribution in [3.63, 3.8) is 0 Å². The van der Waals surface area contributed by atoms with Crippen LogP contribution in [0.3, 0.4) is 0 Å². The van der Waals surface area contributed by atoms with E-state index in [-0.39, 0.29) is 36.0 Å². The second-order valence-corrected chi connectivity index (χ2v) is 12.3. The quantitative estimate of drug-likeness (QED) is 0.420. The van der Waals surface area contributed by atoms with E-state index in [4.69, 9.17) is 18.9 Å². The van der Waals surface area contributed by atoms with E-state index < -0.39 is 22.9 Å². The molecule has 4 rings (SSSR count). The lowest BCUT2D eigenvalue weighted by atomic mass is 9.78. The van der Waals surface area contributed by atoms with Crippen LogP contribution >= 0.6 is 0 Å². The van der Waals surface area contributed by atoms with E-state index >= 15 is 0 Å². The van der Waals surface area contributed by atoms with E-state index in [9.17, 15) is 15.0 Å². The van der Waals surface area contributed by atoms with Crippen molar-refractivity contribution in [1.82, 2.24) is 0 Å². The Morgan fingerprint density at radius 1 is 1.06 bits per heavy atom. The van der Waals surface area contributed by atoms with Gasteiger partial charge in [0, 0.05) is 6.42 Å². The smallest absolute Gasteiger partial charge is 0.306 e. The Kier molecular flexibility index (Phi) is 7.02. The average Bonchev–Trinajstić information content (AvgIpc) is 3.34. The molecular weight excluding hydrogens is 436 g/mol. The van der Waals surface area contributed by atoms with Crippen LogP contribution in [0.5, 0.6) is 0 Å². The van der Waals surface area contributed by atoms with Gasteiger partial charge in [-0.1, -0.05) is 6.58 Å². The van der Waals surface area contributed by atoms with Gasteiger partial charge in [-0.05, 0) is 98.0 Å². The molecule has 7 nitrogen and oxygen atoms in total. The Bertz CT molecular complexity index is 790. The summed E-state index contributed by atoms with van der Waals surface area (Å²) in [5.41, 5.74) is -1.49. The van der Waals surface area contributed by atoms with E-state index in [2.05, 4.69) is 13.5 Å². The Labute approximate surface area is 204 Å². The molecule has 4 aliphatic rings. The molecule has 194 valence electrons. The van der Waals surface area contributed by atoms with Crippen LogP contribution in [0.4, 0.5) is 0 Å². The molecule has 0 radical (unpaired) electrons. The number of aliphatic hydroxyl groups excluding tert-OH is 1. The SMILES string of the molecule is C=C(CC[C@H](O)[C@@]1(C)CC[C@H](C(C)(C)O)O1)[C@H]1CC[C@H]2O[C@@H]([C@]3(C)CCC(=O)O3)CC[C@]2(C)O1. The molecule has 0 amide bonds. The summed E-state index contributed by atoms with van der Waals surface area (Å²) in [5.74, 6) is -0.134. The van der Waals surface area contributed by atoms with E-state index in [1.807, 2.05) is 13.8 Å². The molecule has 0 aromatic carbocycles. The monoisotopic (exact) mass is 480 g/mol. The predicted octanol–water partition coefficient (Wildman–Crippen LogP) is 3.97. The van der Waals surface area contributed by atoms with Crippen molar-refractivity contribution in [3.8, 4) is 0 Å². The zero-order valence-corrected chi connectivity index (χ0v) is 21.6. The van der Waals surface area contributed by atoms with Gasteiger partial charge < -0.3 is 29.2 Å². The second kappa shape index (κ2) is 9.15. The first-order valence-corrected chi connectivity index (χ1v) is 13.1. The summed E-state index contributed by atoms with van der Waals surface area (Å²) in [6.07, 6.45) is 6.13. The van der Waals surface area contributed by atoms with Gasteiger partial charge >= 0.3 is 5.97 Å². The molecule has 0 aromatic heterocycles. The van der Waals surface area contributed by atoms with Gasteiger partial charge in [-0.2, -0.15) is 0 Å². The minimum atomic E-state index is -0.916. The molecule has 4 saturated heterocycles. The lowest BCUT2D eigenvalue weighted by molar-refractivity contribution is -0.257. The topological polar surface area (TPSA) is 94.5 Å². The molecule has 0 spiro atoms. The summed E-state index contributed by atoms with van der Waals surface area (Å²) in [7, 11) is 0. The van der Waals surface area contributed by atoms with Crippen molar-refractivity contribution in [3.05, 3.63) is 12.2 Å². The standard InChI is InChI=1S/C27H44O7/c1-17(7-9-19(28)25(4)14-11-20(33-25)24(2,3)30)18-8-10-21-26(5,32-18)15-12-22(31-21)27(6)16-13-23(29)34-27/h18-22,28,30H,1,7-16H2,2-6H3/t18-,19+,20-,21-,22-,25-,26+,27+/m1/s1.